The van der Waals surface area contributed by atoms with Crippen LogP contribution in [0.2, 0.25) is 0 Å². The van der Waals surface area contributed by atoms with E-state index in [0.29, 0.717) is 12.8 Å². The number of fused-ring (bicyclic) bond motifs is 3. The third-order valence-electron chi connectivity index (χ3n) is 8.50. The average Bonchev–Trinajstić information content (AvgIpc) is 2.95. The molecule has 6 atom stereocenters. The van der Waals surface area contributed by atoms with Gasteiger partial charge in [-0.15, -0.1) is 0 Å². The van der Waals surface area contributed by atoms with Gasteiger partial charge in [0.05, 0.1) is 39.9 Å². The molecule has 230 valence electrons. The number of rotatable bonds is 8. The van der Waals surface area contributed by atoms with E-state index >= 15 is 0 Å². The Hall–Kier alpha value is -3.26. The van der Waals surface area contributed by atoms with Crippen molar-refractivity contribution in [3.05, 3.63) is 51.6 Å². The smallest absolute Gasteiger partial charge is 0.201 e. The molecule has 1 aliphatic heterocycles. The second-order valence-corrected chi connectivity index (χ2v) is 11.9. The van der Waals surface area contributed by atoms with E-state index in [0.717, 1.165) is 0 Å². The highest BCUT2D eigenvalue weighted by Crippen LogP contribution is 2.52. The number of aromatic hydroxyl groups is 2. The van der Waals surface area contributed by atoms with Gasteiger partial charge < -0.3 is 40.4 Å². The van der Waals surface area contributed by atoms with Gasteiger partial charge in [-0.1, -0.05) is 31.3 Å². The summed E-state index contributed by atoms with van der Waals surface area (Å²) in [5.41, 5.74) is 4.03. The lowest BCUT2D eigenvalue weighted by Gasteiger charge is -2.42. The number of benzene rings is 2. The van der Waals surface area contributed by atoms with Crippen LogP contribution < -0.4 is 10.5 Å². The average molecular weight is 614 g/mol. The maximum atomic E-state index is 14.0. The van der Waals surface area contributed by atoms with Gasteiger partial charge in [0.15, 0.2) is 17.9 Å². The lowest BCUT2D eigenvalue weighted by atomic mass is 9.72. The second-order valence-electron chi connectivity index (χ2n) is 11.5. The van der Waals surface area contributed by atoms with Crippen molar-refractivity contribution >= 4 is 34.4 Å². The van der Waals surface area contributed by atoms with Crippen molar-refractivity contribution < 1.29 is 49.0 Å². The normalized spacial score (nSPS) is 28.1. The summed E-state index contributed by atoms with van der Waals surface area (Å²) >= 11 is 5.70. The van der Waals surface area contributed by atoms with E-state index < -0.39 is 59.3 Å². The molecule has 2 aliphatic carbocycles. The highest BCUT2D eigenvalue weighted by molar-refractivity contribution is 7.81. The van der Waals surface area contributed by atoms with Crippen LogP contribution in [0.1, 0.15) is 90.7 Å². The molecule has 0 amide bonds. The molecule has 12 heteroatoms. The molecule has 6 N–H and O–H groups in total. The molecular formula is C31H35NO10S. The van der Waals surface area contributed by atoms with Crippen molar-refractivity contribution in [3.8, 4) is 17.2 Å². The zero-order chi connectivity index (χ0) is 31.4. The van der Waals surface area contributed by atoms with E-state index in [1.54, 1.807) is 19.1 Å². The largest absolute Gasteiger partial charge is 0.507 e. The van der Waals surface area contributed by atoms with Gasteiger partial charge in [-0.2, -0.15) is 0 Å². The summed E-state index contributed by atoms with van der Waals surface area (Å²) in [7, 11) is 0. The number of carbonyl (C=O) groups excluding carboxylic acids is 3. The van der Waals surface area contributed by atoms with Crippen LogP contribution >= 0.6 is 12.2 Å². The van der Waals surface area contributed by atoms with Crippen LogP contribution in [-0.4, -0.2) is 79.4 Å². The van der Waals surface area contributed by atoms with Gasteiger partial charge >= 0.3 is 0 Å². The number of nitrogens with two attached hydrogens (primary N) is 1. The molecule has 1 saturated heterocycles. The minimum Gasteiger partial charge on any atom is -0.507 e. The fourth-order valence-electron chi connectivity index (χ4n) is 6.12. The van der Waals surface area contributed by atoms with Crippen molar-refractivity contribution in [1.82, 2.24) is 0 Å². The van der Waals surface area contributed by atoms with E-state index in [1.807, 2.05) is 6.92 Å². The molecule has 11 nitrogen and oxygen atoms in total. The van der Waals surface area contributed by atoms with Crippen molar-refractivity contribution in [2.24, 2.45) is 5.73 Å². The Balaban J connectivity index is 1.62. The van der Waals surface area contributed by atoms with Crippen LogP contribution in [-0.2, 0) is 25.5 Å². The molecule has 1 fully saturated rings. The van der Waals surface area contributed by atoms with Gasteiger partial charge in [-0.3, -0.25) is 14.4 Å². The number of aliphatic hydroxyl groups excluding tert-OH is 1. The molecule has 4 unspecified atom stereocenters. The first-order chi connectivity index (χ1) is 20.3. The summed E-state index contributed by atoms with van der Waals surface area (Å²) in [6, 6.07) is 4.01. The highest BCUT2D eigenvalue weighted by atomic mass is 32.1. The fourth-order valence-corrected chi connectivity index (χ4v) is 6.49. The number of Topliss-reactive ketones (excluding diaryl/α,β-unsaturated/α-hetero) is 2. The molecule has 5 rings (SSSR count). The van der Waals surface area contributed by atoms with Gasteiger partial charge in [-0.25, -0.2) is 0 Å². The lowest BCUT2D eigenvalue weighted by Crippen LogP contribution is -2.52. The van der Waals surface area contributed by atoms with E-state index in [9.17, 15) is 34.8 Å². The number of hydrogen-bond acceptors (Lipinski definition) is 12. The Morgan fingerprint density at radius 1 is 1.19 bits per heavy atom. The van der Waals surface area contributed by atoms with Crippen LogP contribution in [0.4, 0.5) is 0 Å². The number of hydrogen-bond donors (Lipinski definition) is 5. The quantitative estimate of drug-likeness (QED) is 0.185. The van der Waals surface area contributed by atoms with Crippen LogP contribution in [0.3, 0.4) is 0 Å². The minimum absolute atomic E-state index is 0.00856. The first-order valence-electron chi connectivity index (χ1n) is 14.2. The number of thiocarbonyl (C=S) groups is 1. The number of phenolic OH excluding ortho intramolecular Hbond substituents is 2. The number of phenols is 2. The summed E-state index contributed by atoms with van der Waals surface area (Å²) in [4.78, 5) is 38.9. The van der Waals surface area contributed by atoms with Crippen molar-refractivity contribution in [3.63, 3.8) is 0 Å². The zero-order valence-electron chi connectivity index (χ0n) is 24.1. The predicted octanol–water partition coefficient (Wildman–Crippen LogP) is 2.30. The van der Waals surface area contributed by atoms with Gasteiger partial charge in [0.25, 0.3) is 0 Å². The van der Waals surface area contributed by atoms with Gasteiger partial charge in [-0.05, 0) is 26.3 Å². The van der Waals surface area contributed by atoms with Crippen LogP contribution in [0, 0.1) is 0 Å². The Morgan fingerprint density at radius 3 is 2.56 bits per heavy atom. The molecule has 0 bridgehead atoms. The zero-order valence-corrected chi connectivity index (χ0v) is 24.9. The minimum atomic E-state index is -1.97. The molecular weight excluding hydrogens is 578 g/mol. The standard InChI is InChI=1S/C31H35NO10S/c1-4-6-15(34)12-40-19-8-5-7-16-22(19)28(37)24-25(30(16)43)27(36)17-10-31(39,14(3)33)11-20(23(17)29(24)38)42-21-9-18(32)26(35)13(2)41-21/h5,7-8,13,18,20-21,26,35-36,38-39H,4,6,9-12,32H2,1-3H3/t13?,18?,20-,21?,26?,31-/m0/s1. The Kier molecular flexibility index (Phi) is 8.47. The molecule has 2 aromatic carbocycles. The molecule has 0 aromatic heterocycles. The summed E-state index contributed by atoms with van der Waals surface area (Å²) in [6.07, 6.45) is -3.48. The summed E-state index contributed by atoms with van der Waals surface area (Å²) < 4.78 is 17.6. The summed E-state index contributed by atoms with van der Waals surface area (Å²) in [5, 5.41) is 44.9. The predicted molar refractivity (Wildman–Crippen MR) is 157 cm³/mol. The molecule has 2 aromatic rings. The Morgan fingerprint density at radius 2 is 1.91 bits per heavy atom. The van der Waals surface area contributed by atoms with E-state index in [2.05, 4.69) is 0 Å². The highest BCUT2D eigenvalue weighted by Gasteiger charge is 2.49. The van der Waals surface area contributed by atoms with E-state index in [-0.39, 0.29) is 75.6 Å². The van der Waals surface area contributed by atoms with E-state index in [1.165, 1.54) is 13.0 Å². The number of ketones is 3. The van der Waals surface area contributed by atoms with Crippen LogP contribution in [0.25, 0.3) is 0 Å². The molecule has 3 aliphatic rings. The third-order valence-corrected chi connectivity index (χ3v) is 8.92. The number of ether oxygens (including phenoxy) is 3. The van der Waals surface area contributed by atoms with Crippen molar-refractivity contribution in [2.45, 2.75) is 89.1 Å². The second kappa shape index (κ2) is 11.7. The molecule has 0 saturated carbocycles. The third kappa shape index (κ3) is 5.36. The lowest BCUT2D eigenvalue weighted by molar-refractivity contribution is -0.247. The maximum absolute atomic E-state index is 14.0. The Bertz CT molecular complexity index is 1510. The molecule has 1 heterocycles. The topological polar surface area (TPSA) is 186 Å². The maximum Gasteiger partial charge on any atom is 0.201 e. The molecule has 43 heavy (non-hydrogen) atoms. The van der Waals surface area contributed by atoms with Crippen molar-refractivity contribution in [1.29, 1.82) is 0 Å². The molecule has 0 radical (unpaired) electrons. The summed E-state index contributed by atoms with van der Waals surface area (Å²) in [6.45, 7) is 4.44. The summed E-state index contributed by atoms with van der Waals surface area (Å²) in [5.74, 6) is -2.31. The van der Waals surface area contributed by atoms with Crippen LogP contribution in [0.5, 0.6) is 17.2 Å². The van der Waals surface area contributed by atoms with Gasteiger partial charge in [0.1, 0.15) is 29.5 Å². The SMILES string of the molecule is CCCC(=O)COc1cccc2c1C(=O)c1c(O)c3c(c(O)c1C2=S)C[C@@](O)(C(C)=O)C[C@@H]3OC1CC(N)C(O)C(C)O1. The number of aliphatic hydroxyl groups is 2. The Labute approximate surface area is 253 Å². The number of carbonyl (C=O) groups is 3. The monoisotopic (exact) mass is 613 g/mol. The van der Waals surface area contributed by atoms with Gasteiger partial charge in [0.2, 0.25) is 5.78 Å². The van der Waals surface area contributed by atoms with E-state index in [4.69, 9.17) is 32.2 Å². The van der Waals surface area contributed by atoms with Crippen LogP contribution in [0.15, 0.2) is 18.2 Å². The van der Waals surface area contributed by atoms with Crippen molar-refractivity contribution in [2.75, 3.05) is 6.61 Å². The molecule has 0 spiro atoms. The fraction of sp³-hybridized carbons (Fsp3) is 0.484. The first-order valence-corrected chi connectivity index (χ1v) is 14.6. The van der Waals surface area contributed by atoms with Gasteiger partial charge in [0, 0.05) is 48.4 Å². The first kappa shape index (κ1) is 31.2.